The molecule has 1 atom stereocenters. The number of ether oxygens (including phenoxy) is 1. The van der Waals surface area contributed by atoms with Gasteiger partial charge in [-0.1, -0.05) is 0 Å². The molecule has 1 aliphatic rings. The third kappa shape index (κ3) is 2.31. The van der Waals surface area contributed by atoms with Gasteiger partial charge < -0.3 is 4.74 Å². The van der Waals surface area contributed by atoms with E-state index in [1.54, 1.807) is 4.68 Å². The molecule has 1 saturated heterocycles. The molecule has 1 unspecified atom stereocenters. The van der Waals surface area contributed by atoms with E-state index < -0.39 is 5.60 Å². The Morgan fingerprint density at radius 1 is 1.65 bits per heavy atom. The summed E-state index contributed by atoms with van der Waals surface area (Å²) < 4.78 is 8.25. The second kappa shape index (κ2) is 4.53. The second-order valence-corrected chi connectivity index (χ2v) is 5.55. The average Bonchev–Trinajstić information content (AvgIpc) is 2.80. The summed E-state index contributed by atoms with van der Waals surface area (Å²) in [6.07, 6.45) is 2.16. The number of aromatic nitrogens is 2. The summed E-state index contributed by atoms with van der Waals surface area (Å²) in [4.78, 5) is 12.3. The van der Waals surface area contributed by atoms with Crippen LogP contribution in [0.1, 0.15) is 31.2 Å². The fourth-order valence-corrected chi connectivity index (χ4v) is 2.69. The van der Waals surface area contributed by atoms with E-state index in [0.29, 0.717) is 13.0 Å². The number of carbonyl (C=O) groups is 1. The number of ketones is 1. The standard InChI is InChI=1S/C12H17BrN2O2/c1-8-11(13)9(15(3)14-8)7-10(16)12(2)5-4-6-17-12/h4-7H2,1-3H3. The first-order valence-electron chi connectivity index (χ1n) is 5.79. The Bertz CT molecular complexity index is 448. The third-order valence-electron chi connectivity index (χ3n) is 3.40. The summed E-state index contributed by atoms with van der Waals surface area (Å²) in [6.45, 7) is 4.50. The highest BCUT2D eigenvalue weighted by Crippen LogP contribution is 2.29. The molecule has 5 heteroatoms. The molecule has 0 aliphatic carbocycles. The zero-order valence-corrected chi connectivity index (χ0v) is 12.0. The van der Waals surface area contributed by atoms with Crippen LogP contribution >= 0.6 is 15.9 Å². The van der Waals surface area contributed by atoms with Gasteiger partial charge >= 0.3 is 0 Å². The molecule has 0 amide bonds. The Balaban J connectivity index is 2.18. The quantitative estimate of drug-likeness (QED) is 0.859. The predicted molar refractivity (Wildman–Crippen MR) is 67.9 cm³/mol. The first kappa shape index (κ1) is 12.8. The van der Waals surface area contributed by atoms with E-state index in [2.05, 4.69) is 21.0 Å². The SMILES string of the molecule is Cc1nn(C)c(CC(=O)C2(C)CCCO2)c1Br. The summed E-state index contributed by atoms with van der Waals surface area (Å²) in [6, 6.07) is 0. The molecule has 17 heavy (non-hydrogen) atoms. The lowest BCUT2D eigenvalue weighted by Crippen LogP contribution is -2.36. The van der Waals surface area contributed by atoms with Gasteiger partial charge in [-0.3, -0.25) is 9.48 Å². The van der Waals surface area contributed by atoms with Crippen molar-refractivity contribution < 1.29 is 9.53 Å². The monoisotopic (exact) mass is 300 g/mol. The number of nitrogens with zero attached hydrogens (tertiary/aromatic N) is 2. The minimum Gasteiger partial charge on any atom is -0.367 e. The summed E-state index contributed by atoms with van der Waals surface area (Å²) in [5, 5.41) is 4.29. The molecule has 1 fully saturated rings. The number of aryl methyl sites for hydroxylation is 2. The van der Waals surface area contributed by atoms with E-state index in [1.165, 1.54) is 0 Å². The van der Waals surface area contributed by atoms with Crippen molar-refractivity contribution in [3.63, 3.8) is 0 Å². The number of carbonyl (C=O) groups excluding carboxylic acids is 1. The van der Waals surface area contributed by atoms with Gasteiger partial charge in [-0.2, -0.15) is 5.10 Å². The van der Waals surface area contributed by atoms with Crippen LogP contribution in [0.15, 0.2) is 4.47 Å². The van der Waals surface area contributed by atoms with Crippen molar-refractivity contribution in [2.45, 2.75) is 38.7 Å². The smallest absolute Gasteiger partial charge is 0.170 e. The van der Waals surface area contributed by atoms with E-state index in [-0.39, 0.29) is 5.78 Å². The molecule has 1 aromatic heterocycles. The highest BCUT2D eigenvalue weighted by molar-refractivity contribution is 9.10. The highest BCUT2D eigenvalue weighted by Gasteiger charge is 2.37. The number of hydrogen-bond acceptors (Lipinski definition) is 3. The number of Topliss-reactive ketones (excluding diaryl/α,β-unsaturated/α-hetero) is 1. The molecule has 1 aromatic rings. The minimum absolute atomic E-state index is 0.138. The Hall–Kier alpha value is -0.680. The van der Waals surface area contributed by atoms with Crippen LogP contribution in [-0.2, 0) is 23.0 Å². The molecule has 0 saturated carbocycles. The first-order valence-corrected chi connectivity index (χ1v) is 6.58. The average molecular weight is 301 g/mol. The lowest BCUT2D eigenvalue weighted by molar-refractivity contribution is -0.136. The molecular formula is C12H17BrN2O2. The number of rotatable bonds is 3. The molecule has 0 N–H and O–H groups in total. The Labute approximate surface area is 109 Å². The molecule has 4 nitrogen and oxygen atoms in total. The molecule has 0 spiro atoms. The summed E-state index contributed by atoms with van der Waals surface area (Å²) in [5.74, 6) is 0.138. The number of hydrogen-bond donors (Lipinski definition) is 0. The summed E-state index contributed by atoms with van der Waals surface area (Å²) in [7, 11) is 1.86. The minimum atomic E-state index is -0.600. The molecule has 0 bridgehead atoms. The van der Waals surface area contributed by atoms with Crippen molar-refractivity contribution in [2.24, 2.45) is 7.05 Å². The fourth-order valence-electron chi connectivity index (χ4n) is 2.21. The Morgan fingerprint density at radius 3 is 2.82 bits per heavy atom. The lowest BCUT2D eigenvalue weighted by atomic mass is 9.94. The van der Waals surface area contributed by atoms with Crippen LogP contribution in [0.3, 0.4) is 0 Å². The number of halogens is 1. The highest BCUT2D eigenvalue weighted by atomic mass is 79.9. The van der Waals surface area contributed by atoms with Gasteiger partial charge in [-0.25, -0.2) is 0 Å². The van der Waals surface area contributed by atoms with Crippen molar-refractivity contribution in [3.05, 3.63) is 15.9 Å². The van der Waals surface area contributed by atoms with Crippen molar-refractivity contribution in [1.29, 1.82) is 0 Å². The van der Waals surface area contributed by atoms with Gasteiger partial charge in [0.1, 0.15) is 5.60 Å². The van der Waals surface area contributed by atoms with Crippen LogP contribution in [0.4, 0.5) is 0 Å². The van der Waals surface area contributed by atoms with Crippen LogP contribution < -0.4 is 0 Å². The van der Waals surface area contributed by atoms with E-state index in [4.69, 9.17) is 4.74 Å². The largest absolute Gasteiger partial charge is 0.367 e. The van der Waals surface area contributed by atoms with E-state index in [1.807, 2.05) is 20.9 Å². The van der Waals surface area contributed by atoms with Gasteiger partial charge in [-0.05, 0) is 42.6 Å². The first-order chi connectivity index (χ1) is 7.94. The van der Waals surface area contributed by atoms with Crippen molar-refractivity contribution >= 4 is 21.7 Å². The van der Waals surface area contributed by atoms with E-state index in [9.17, 15) is 4.79 Å². The molecule has 1 aliphatic heterocycles. The van der Waals surface area contributed by atoms with Crippen molar-refractivity contribution in [2.75, 3.05) is 6.61 Å². The van der Waals surface area contributed by atoms with Crippen LogP contribution in [0.5, 0.6) is 0 Å². The van der Waals surface area contributed by atoms with Gasteiger partial charge in [-0.15, -0.1) is 0 Å². The zero-order valence-electron chi connectivity index (χ0n) is 10.4. The van der Waals surface area contributed by atoms with Crippen LogP contribution in [0.2, 0.25) is 0 Å². The van der Waals surface area contributed by atoms with Crippen molar-refractivity contribution in [3.8, 4) is 0 Å². The maximum Gasteiger partial charge on any atom is 0.170 e. The lowest BCUT2D eigenvalue weighted by Gasteiger charge is -2.21. The molecule has 0 aromatic carbocycles. The summed E-state index contributed by atoms with van der Waals surface area (Å²) >= 11 is 3.48. The predicted octanol–water partition coefficient (Wildman–Crippen LogP) is 2.17. The molecule has 2 rings (SSSR count). The molecule has 0 radical (unpaired) electrons. The van der Waals surface area contributed by atoms with Gasteiger partial charge in [0, 0.05) is 13.7 Å². The van der Waals surface area contributed by atoms with Crippen LogP contribution in [0, 0.1) is 6.92 Å². The molecule has 2 heterocycles. The van der Waals surface area contributed by atoms with Crippen molar-refractivity contribution in [1.82, 2.24) is 9.78 Å². The zero-order chi connectivity index (χ0) is 12.6. The third-order valence-corrected chi connectivity index (χ3v) is 4.43. The van der Waals surface area contributed by atoms with E-state index >= 15 is 0 Å². The van der Waals surface area contributed by atoms with Gasteiger partial charge in [0.2, 0.25) is 0 Å². The Kier molecular flexibility index (Phi) is 3.41. The van der Waals surface area contributed by atoms with Gasteiger partial charge in [0.15, 0.2) is 5.78 Å². The fraction of sp³-hybridized carbons (Fsp3) is 0.667. The van der Waals surface area contributed by atoms with Gasteiger partial charge in [0.05, 0.1) is 22.3 Å². The maximum absolute atomic E-state index is 12.3. The molecular weight excluding hydrogens is 284 g/mol. The van der Waals surface area contributed by atoms with Crippen LogP contribution in [0.25, 0.3) is 0 Å². The van der Waals surface area contributed by atoms with E-state index in [0.717, 1.165) is 28.7 Å². The van der Waals surface area contributed by atoms with Crippen LogP contribution in [-0.4, -0.2) is 27.8 Å². The maximum atomic E-state index is 12.3. The second-order valence-electron chi connectivity index (χ2n) is 4.75. The van der Waals surface area contributed by atoms with Gasteiger partial charge in [0.25, 0.3) is 0 Å². The normalized spacial score (nSPS) is 24.2. The Morgan fingerprint density at radius 2 is 2.35 bits per heavy atom. The molecule has 94 valence electrons. The summed E-state index contributed by atoms with van der Waals surface area (Å²) in [5.41, 5.74) is 1.23. The topological polar surface area (TPSA) is 44.1 Å².